The summed E-state index contributed by atoms with van der Waals surface area (Å²) in [6.07, 6.45) is 1.72. The molecule has 0 radical (unpaired) electrons. The number of esters is 1. The number of para-hydroxylation sites is 1. The first kappa shape index (κ1) is 16.0. The lowest BCUT2D eigenvalue weighted by Crippen LogP contribution is -2.36. The topological polar surface area (TPSA) is 72.6 Å². The maximum Gasteiger partial charge on any atom is 0.325 e. The summed E-state index contributed by atoms with van der Waals surface area (Å²) < 4.78 is 4.61. The van der Waals surface area contributed by atoms with E-state index >= 15 is 0 Å². The lowest BCUT2D eigenvalue weighted by molar-refractivity contribution is -0.147. The number of ether oxygens (including phenoxy) is 1. The number of nitrogens with zero attached hydrogens (tertiary/aromatic N) is 1. The molecule has 2 N–H and O–H groups in total. The molecule has 0 aliphatic rings. The van der Waals surface area contributed by atoms with E-state index in [0.717, 1.165) is 12.0 Å². The van der Waals surface area contributed by atoms with Crippen LogP contribution in [0, 0.1) is 0 Å². The van der Waals surface area contributed by atoms with Crippen LogP contribution in [0.5, 0.6) is 0 Å². The van der Waals surface area contributed by atoms with Gasteiger partial charge >= 0.3 is 5.97 Å². The van der Waals surface area contributed by atoms with Gasteiger partial charge in [0.05, 0.1) is 7.11 Å². The number of benzene rings is 1. The number of carbonyl (C=O) groups excluding carboxylic acids is 2. The molecule has 0 saturated carbocycles. The fourth-order valence-corrected chi connectivity index (χ4v) is 1.94. The highest BCUT2D eigenvalue weighted by Crippen LogP contribution is 2.13. The fraction of sp³-hybridized carbons (Fsp3) is 0.467. The summed E-state index contributed by atoms with van der Waals surface area (Å²) in [7, 11) is 1.32. The molecule has 0 heterocycles. The molecular weight excluding hydrogens is 256 g/mol. The standard InChI is InChI=1S/C15H22N2O3/c1-3-10-17(11-15(19)20-2)14(18)9-8-12-6-4-5-7-13(12)16/h4-7H,3,8-11,16H2,1-2H3. The van der Waals surface area contributed by atoms with Crippen LogP contribution in [0.1, 0.15) is 25.3 Å². The number of nitrogen functional groups attached to an aromatic ring is 1. The lowest BCUT2D eigenvalue weighted by Gasteiger charge is -2.20. The van der Waals surface area contributed by atoms with Crippen LogP contribution in [0.4, 0.5) is 5.69 Å². The molecule has 0 saturated heterocycles. The van der Waals surface area contributed by atoms with E-state index in [0.29, 0.717) is 25.1 Å². The average Bonchev–Trinajstić information content (AvgIpc) is 2.45. The molecule has 1 amide bonds. The predicted molar refractivity (Wildman–Crippen MR) is 78.1 cm³/mol. The molecule has 0 spiro atoms. The molecule has 0 fully saturated rings. The molecule has 5 heteroatoms. The van der Waals surface area contributed by atoms with Crippen LogP contribution in [0.25, 0.3) is 0 Å². The highest BCUT2D eigenvalue weighted by molar-refractivity contribution is 5.82. The molecule has 5 nitrogen and oxygen atoms in total. The third kappa shape index (κ3) is 4.91. The number of nitrogens with two attached hydrogens (primary N) is 1. The summed E-state index contributed by atoms with van der Waals surface area (Å²) in [6.45, 7) is 2.53. The Balaban J connectivity index is 2.58. The summed E-state index contributed by atoms with van der Waals surface area (Å²) >= 11 is 0. The van der Waals surface area contributed by atoms with Gasteiger partial charge < -0.3 is 15.4 Å². The van der Waals surface area contributed by atoms with Gasteiger partial charge in [-0.05, 0) is 24.5 Å². The van der Waals surface area contributed by atoms with Gasteiger partial charge in [-0.1, -0.05) is 25.1 Å². The maximum atomic E-state index is 12.1. The second-order valence-electron chi connectivity index (χ2n) is 4.59. The number of anilines is 1. The zero-order valence-corrected chi connectivity index (χ0v) is 12.1. The minimum absolute atomic E-state index is 0.00739. The van der Waals surface area contributed by atoms with Crippen LogP contribution in [0.15, 0.2) is 24.3 Å². The molecular formula is C15H22N2O3. The van der Waals surface area contributed by atoms with Crippen molar-refractivity contribution in [2.75, 3.05) is 25.9 Å². The van der Waals surface area contributed by atoms with Crippen molar-refractivity contribution >= 4 is 17.6 Å². The number of methoxy groups -OCH3 is 1. The van der Waals surface area contributed by atoms with E-state index in [1.807, 2.05) is 31.2 Å². The summed E-state index contributed by atoms with van der Waals surface area (Å²) in [4.78, 5) is 25.0. The molecule has 0 aromatic heterocycles. The molecule has 1 aromatic carbocycles. The first-order valence-corrected chi connectivity index (χ1v) is 6.76. The summed E-state index contributed by atoms with van der Waals surface area (Å²) in [6, 6.07) is 7.49. The average molecular weight is 278 g/mol. The van der Waals surface area contributed by atoms with Crippen molar-refractivity contribution < 1.29 is 14.3 Å². The van der Waals surface area contributed by atoms with E-state index in [2.05, 4.69) is 4.74 Å². The molecule has 0 bridgehead atoms. The summed E-state index contributed by atoms with van der Waals surface area (Å²) in [5, 5.41) is 0. The van der Waals surface area contributed by atoms with Crippen molar-refractivity contribution in [3.05, 3.63) is 29.8 Å². The number of aryl methyl sites for hydroxylation is 1. The highest BCUT2D eigenvalue weighted by atomic mass is 16.5. The van der Waals surface area contributed by atoms with E-state index < -0.39 is 5.97 Å². The Labute approximate surface area is 119 Å². The number of hydrogen-bond acceptors (Lipinski definition) is 4. The Morgan fingerprint density at radius 3 is 2.60 bits per heavy atom. The largest absolute Gasteiger partial charge is 0.468 e. The lowest BCUT2D eigenvalue weighted by atomic mass is 10.1. The van der Waals surface area contributed by atoms with Crippen LogP contribution in [0.2, 0.25) is 0 Å². The summed E-state index contributed by atoms with van der Waals surface area (Å²) in [5.41, 5.74) is 7.49. The number of hydrogen-bond donors (Lipinski definition) is 1. The molecule has 0 aliphatic heterocycles. The fourth-order valence-electron chi connectivity index (χ4n) is 1.94. The zero-order valence-electron chi connectivity index (χ0n) is 12.1. The minimum Gasteiger partial charge on any atom is -0.468 e. The van der Waals surface area contributed by atoms with Crippen molar-refractivity contribution in [2.24, 2.45) is 0 Å². The van der Waals surface area contributed by atoms with E-state index in [-0.39, 0.29) is 12.5 Å². The normalized spacial score (nSPS) is 10.1. The Morgan fingerprint density at radius 1 is 1.30 bits per heavy atom. The first-order valence-electron chi connectivity index (χ1n) is 6.76. The van der Waals surface area contributed by atoms with Gasteiger partial charge in [0.15, 0.2) is 0 Å². The van der Waals surface area contributed by atoms with Crippen LogP contribution >= 0.6 is 0 Å². The first-order chi connectivity index (χ1) is 9.58. The molecule has 110 valence electrons. The Morgan fingerprint density at radius 2 is 2.00 bits per heavy atom. The molecule has 1 rings (SSSR count). The Kier molecular flexibility index (Phi) is 6.56. The van der Waals surface area contributed by atoms with Gasteiger partial charge in [-0.3, -0.25) is 9.59 Å². The monoisotopic (exact) mass is 278 g/mol. The quantitative estimate of drug-likeness (QED) is 0.607. The van der Waals surface area contributed by atoms with E-state index in [9.17, 15) is 9.59 Å². The molecule has 0 atom stereocenters. The molecule has 20 heavy (non-hydrogen) atoms. The van der Waals surface area contributed by atoms with Gasteiger partial charge in [-0.25, -0.2) is 0 Å². The van der Waals surface area contributed by atoms with Crippen molar-refractivity contribution in [2.45, 2.75) is 26.2 Å². The van der Waals surface area contributed by atoms with Crippen LogP contribution < -0.4 is 5.73 Å². The second kappa shape index (κ2) is 8.19. The smallest absolute Gasteiger partial charge is 0.325 e. The third-order valence-corrected chi connectivity index (χ3v) is 3.06. The summed E-state index contributed by atoms with van der Waals surface area (Å²) in [5.74, 6) is -0.452. The van der Waals surface area contributed by atoms with Gasteiger partial charge in [-0.2, -0.15) is 0 Å². The number of carbonyl (C=O) groups is 2. The zero-order chi connectivity index (χ0) is 15.0. The predicted octanol–water partition coefficient (Wildman–Crippen LogP) is 1.61. The van der Waals surface area contributed by atoms with Gasteiger partial charge in [0, 0.05) is 18.7 Å². The van der Waals surface area contributed by atoms with Gasteiger partial charge in [0.2, 0.25) is 5.91 Å². The maximum absolute atomic E-state index is 12.1. The number of amides is 1. The van der Waals surface area contributed by atoms with Crippen molar-refractivity contribution in [3.63, 3.8) is 0 Å². The van der Waals surface area contributed by atoms with Crippen LogP contribution in [0.3, 0.4) is 0 Å². The van der Waals surface area contributed by atoms with Crippen LogP contribution in [-0.2, 0) is 20.7 Å². The SMILES string of the molecule is CCCN(CC(=O)OC)C(=O)CCc1ccccc1N. The molecule has 0 unspecified atom stereocenters. The van der Waals surface area contributed by atoms with Gasteiger partial charge in [0.1, 0.15) is 6.54 Å². The third-order valence-electron chi connectivity index (χ3n) is 3.06. The van der Waals surface area contributed by atoms with E-state index in [1.54, 1.807) is 0 Å². The van der Waals surface area contributed by atoms with E-state index in [4.69, 9.17) is 5.73 Å². The van der Waals surface area contributed by atoms with Crippen LogP contribution in [-0.4, -0.2) is 37.0 Å². The van der Waals surface area contributed by atoms with Crippen molar-refractivity contribution in [1.82, 2.24) is 4.90 Å². The molecule has 0 aliphatic carbocycles. The second-order valence-corrected chi connectivity index (χ2v) is 4.59. The Bertz CT molecular complexity index is 460. The molecule has 1 aromatic rings. The van der Waals surface area contributed by atoms with Crippen molar-refractivity contribution in [3.8, 4) is 0 Å². The minimum atomic E-state index is -0.397. The van der Waals surface area contributed by atoms with Gasteiger partial charge in [0.25, 0.3) is 0 Å². The highest BCUT2D eigenvalue weighted by Gasteiger charge is 2.16. The Hall–Kier alpha value is -2.04. The van der Waals surface area contributed by atoms with Gasteiger partial charge in [-0.15, -0.1) is 0 Å². The number of rotatable bonds is 7. The van der Waals surface area contributed by atoms with E-state index in [1.165, 1.54) is 12.0 Å². The van der Waals surface area contributed by atoms with Crippen molar-refractivity contribution in [1.29, 1.82) is 0 Å².